The fourth-order valence-corrected chi connectivity index (χ4v) is 3.71. The van der Waals surface area contributed by atoms with E-state index in [1.165, 1.54) is 0 Å². The summed E-state index contributed by atoms with van der Waals surface area (Å²) in [5.74, 6) is 1.44. The predicted octanol–water partition coefficient (Wildman–Crippen LogP) is 0.221. The molecule has 1 aromatic heterocycles. The Balaban J connectivity index is 1.62. The Bertz CT molecular complexity index is 435. The van der Waals surface area contributed by atoms with E-state index in [1.54, 1.807) is 0 Å². The Morgan fingerprint density at radius 3 is 3.00 bits per heavy atom. The molecule has 1 aliphatic carbocycles. The normalized spacial score (nSPS) is 34.7. The third-order valence-corrected chi connectivity index (χ3v) is 4.58. The molecule has 1 aliphatic heterocycles. The second-order valence-electron chi connectivity index (χ2n) is 5.69. The lowest BCUT2D eigenvalue weighted by Gasteiger charge is -2.42. The quantitative estimate of drug-likeness (QED) is 0.722. The monoisotopic (exact) mass is 265 g/mol. The molecule has 104 valence electrons. The van der Waals surface area contributed by atoms with Crippen molar-refractivity contribution < 1.29 is 9.90 Å². The summed E-state index contributed by atoms with van der Waals surface area (Å²) < 4.78 is 0. The lowest BCUT2D eigenvalue weighted by Crippen LogP contribution is -2.52. The maximum Gasteiger partial charge on any atom is 0.320 e. The first-order valence-electron chi connectivity index (χ1n) is 6.92. The van der Waals surface area contributed by atoms with Gasteiger partial charge in [0.1, 0.15) is 6.04 Å². The van der Waals surface area contributed by atoms with Crippen LogP contribution in [0.15, 0.2) is 0 Å². The number of carboxylic acid groups (broad SMARTS) is 1. The van der Waals surface area contributed by atoms with E-state index in [0.29, 0.717) is 11.8 Å². The number of fused-ring (bicyclic) bond motifs is 1. The van der Waals surface area contributed by atoms with Crippen LogP contribution in [0.1, 0.15) is 31.5 Å². The topological polar surface area (TPSA) is 104 Å². The number of rotatable bonds is 3. The second kappa shape index (κ2) is 5.24. The number of nitrogens with one attached hydrogen (secondary N) is 2. The molecule has 2 fully saturated rings. The Morgan fingerprint density at radius 1 is 1.37 bits per heavy atom. The van der Waals surface area contributed by atoms with Crippen LogP contribution in [-0.4, -0.2) is 44.3 Å². The van der Waals surface area contributed by atoms with Gasteiger partial charge in [-0.25, -0.2) is 0 Å². The maximum atomic E-state index is 11.3. The molecule has 7 nitrogen and oxygen atoms in total. The van der Waals surface area contributed by atoms with Crippen LogP contribution < -0.4 is 5.32 Å². The van der Waals surface area contributed by atoms with E-state index in [2.05, 4.69) is 25.9 Å². The first kappa shape index (κ1) is 12.5. The van der Waals surface area contributed by atoms with Crippen LogP contribution in [0.4, 0.5) is 0 Å². The van der Waals surface area contributed by atoms with Crippen LogP contribution in [0.2, 0.25) is 0 Å². The summed E-state index contributed by atoms with van der Waals surface area (Å²) in [4.78, 5) is 11.3. The zero-order valence-corrected chi connectivity index (χ0v) is 10.7. The van der Waals surface area contributed by atoms with Crippen LogP contribution in [0.5, 0.6) is 0 Å². The highest BCUT2D eigenvalue weighted by atomic mass is 16.4. The van der Waals surface area contributed by atoms with Crippen molar-refractivity contribution >= 4 is 5.97 Å². The fourth-order valence-electron chi connectivity index (χ4n) is 3.71. The summed E-state index contributed by atoms with van der Waals surface area (Å²) in [6.07, 6.45) is 5.06. The average molecular weight is 265 g/mol. The minimum atomic E-state index is -0.702. The number of aliphatic carboxylic acids is 1. The van der Waals surface area contributed by atoms with Crippen molar-refractivity contribution in [3.05, 3.63) is 5.82 Å². The minimum Gasteiger partial charge on any atom is -0.480 e. The van der Waals surface area contributed by atoms with Gasteiger partial charge in [0.25, 0.3) is 0 Å². The van der Waals surface area contributed by atoms with Crippen LogP contribution in [0.25, 0.3) is 0 Å². The average Bonchev–Trinajstić information content (AvgIpc) is 2.90. The highest BCUT2D eigenvalue weighted by Gasteiger charge is 2.41. The Kier molecular flexibility index (Phi) is 3.46. The van der Waals surface area contributed by atoms with E-state index in [0.717, 1.165) is 44.5 Å². The smallest absolute Gasteiger partial charge is 0.320 e. The number of hydrogen-bond donors (Lipinski definition) is 3. The van der Waals surface area contributed by atoms with Crippen molar-refractivity contribution in [1.29, 1.82) is 0 Å². The van der Waals surface area contributed by atoms with Gasteiger partial charge in [-0.1, -0.05) is 5.21 Å². The van der Waals surface area contributed by atoms with Crippen molar-refractivity contribution in [3.8, 4) is 0 Å². The molecule has 1 aromatic rings. The summed E-state index contributed by atoms with van der Waals surface area (Å²) in [5, 5.41) is 26.5. The van der Waals surface area contributed by atoms with E-state index in [1.807, 2.05) is 0 Å². The fraction of sp³-hybridized carbons (Fsp3) is 0.833. The second-order valence-corrected chi connectivity index (χ2v) is 5.69. The van der Waals surface area contributed by atoms with Crippen molar-refractivity contribution in [2.75, 3.05) is 6.54 Å². The van der Waals surface area contributed by atoms with Gasteiger partial charge < -0.3 is 10.4 Å². The molecule has 0 radical (unpaired) electrons. The number of aromatic amines is 1. The van der Waals surface area contributed by atoms with E-state index >= 15 is 0 Å². The minimum absolute atomic E-state index is 0.285. The van der Waals surface area contributed by atoms with Crippen molar-refractivity contribution in [2.24, 2.45) is 17.8 Å². The van der Waals surface area contributed by atoms with Crippen LogP contribution in [-0.2, 0) is 11.2 Å². The van der Waals surface area contributed by atoms with Crippen LogP contribution in [0.3, 0.4) is 0 Å². The predicted molar refractivity (Wildman–Crippen MR) is 66.2 cm³/mol. The molecule has 1 unspecified atom stereocenters. The summed E-state index contributed by atoms with van der Waals surface area (Å²) in [6, 6.07) is -0.357. The van der Waals surface area contributed by atoms with E-state index < -0.39 is 5.97 Å². The summed E-state index contributed by atoms with van der Waals surface area (Å²) in [6.45, 7) is 0.813. The summed E-state index contributed by atoms with van der Waals surface area (Å²) in [5.41, 5.74) is 0. The molecule has 4 atom stereocenters. The molecule has 3 N–H and O–H groups in total. The lowest BCUT2D eigenvalue weighted by molar-refractivity contribution is -0.143. The molecule has 7 heteroatoms. The van der Waals surface area contributed by atoms with E-state index in [-0.39, 0.29) is 12.0 Å². The highest BCUT2D eigenvalue weighted by molar-refractivity contribution is 5.74. The first-order chi connectivity index (χ1) is 9.24. The number of aromatic nitrogens is 4. The maximum absolute atomic E-state index is 11.3. The molecule has 0 spiro atoms. The number of carboxylic acids is 1. The van der Waals surface area contributed by atoms with E-state index in [9.17, 15) is 9.90 Å². The van der Waals surface area contributed by atoms with Crippen molar-refractivity contribution in [2.45, 2.75) is 38.1 Å². The summed E-state index contributed by atoms with van der Waals surface area (Å²) >= 11 is 0. The van der Waals surface area contributed by atoms with Crippen LogP contribution >= 0.6 is 0 Å². The molecule has 1 saturated heterocycles. The molecular formula is C12H19N5O2. The number of hydrogen-bond acceptors (Lipinski definition) is 5. The third-order valence-electron chi connectivity index (χ3n) is 4.58. The molecule has 2 heterocycles. The largest absolute Gasteiger partial charge is 0.480 e. The number of piperidine rings is 1. The Morgan fingerprint density at radius 2 is 2.26 bits per heavy atom. The zero-order chi connectivity index (χ0) is 13.2. The van der Waals surface area contributed by atoms with Gasteiger partial charge in [0.15, 0.2) is 5.82 Å². The van der Waals surface area contributed by atoms with Gasteiger partial charge in [-0.2, -0.15) is 5.21 Å². The van der Waals surface area contributed by atoms with Crippen molar-refractivity contribution in [1.82, 2.24) is 25.9 Å². The van der Waals surface area contributed by atoms with Gasteiger partial charge in [-0.15, -0.1) is 10.2 Å². The van der Waals surface area contributed by atoms with E-state index in [4.69, 9.17) is 0 Å². The molecule has 0 bridgehead atoms. The SMILES string of the molecule is O=C(O)[C@H]1NCC[C@@H]2CC(Cc3nn[nH]n3)CC[C@@H]21. The molecule has 1 saturated carbocycles. The first-order valence-corrected chi connectivity index (χ1v) is 6.92. The third kappa shape index (κ3) is 2.60. The molecule has 3 rings (SSSR count). The van der Waals surface area contributed by atoms with Gasteiger partial charge in [0, 0.05) is 6.42 Å². The molecular weight excluding hydrogens is 246 g/mol. The molecule has 19 heavy (non-hydrogen) atoms. The van der Waals surface area contributed by atoms with Crippen LogP contribution in [0, 0.1) is 17.8 Å². The Hall–Kier alpha value is -1.50. The number of tetrazole rings is 1. The van der Waals surface area contributed by atoms with Gasteiger partial charge in [0.05, 0.1) is 0 Å². The van der Waals surface area contributed by atoms with Gasteiger partial charge in [-0.05, 0) is 50.0 Å². The highest BCUT2D eigenvalue weighted by Crippen LogP contribution is 2.40. The number of H-pyrrole nitrogens is 1. The molecule has 0 amide bonds. The van der Waals surface area contributed by atoms with Gasteiger partial charge in [-0.3, -0.25) is 4.79 Å². The van der Waals surface area contributed by atoms with Gasteiger partial charge >= 0.3 is 5.97 Å². The lowest BCUT2D eigenvalue weighted by atomic mass is 9.67. The van der Waals surface area contributed by atoms with Crippen molar-refractivity contribution in [3.63, 3.8) is 0 Å². The number of carbonyl (C=O) groups is 1. The number of nitrogens with zero attached hydrogens (tertiary/aromatic N) is 3. The molecule has 2 aliphatic rings. The summed E-state index contributed by atoms with van der Waals surface area (Å²) in [7, 11) is 0. The Labute approximate surface area is 111 Å². The standard InChI is InChI=1S/C12H19N5O2/c18-12(19)11-9-2-1-7(5-8(9)3-4-13-11)6-10-14-16-17-15-10/h7-9,11,13H,1-6H2,(H,18,19)(H,14,15,16,17)/t7?,8-,9+,11+/m1/s1. The molecule has 0 aromatic carbocycles. The van der Waals surface area contributed by atoms with Gasteiger partial charge in [0.2, 0.25) is 0 Å². The zero-order valence-electron chi connectivity index (χ0n) is 10.7.